The summed E-state index contributed by atoms with van der Waals surface area (Å²) in [6.45, 7) is 18.7. The molecule has 0 aliphatic carbocycles. The molecule has 124 valence electrons. The molecule has 0 unspecified atom stereocenters. The average molecular weight is 297 g/mol. The van der Waals surface area contributed by atoms with E-state index in [1.165, 1.54) is 32.7 Å². The summed E-state index contributed by atoms with van der Waals surface area (Å²) in [5.41, 5.74) is 0. The molecule has 0 aromatic carbocycles. The lowest BCUT2D eigenvalue weighted by molar-refractivity contribution is 0.139. The Bertz CT molecular complexity index is 282. The van der Waals surface area contributed by atoms with Gasteiger partial charge in [0, 0.05) is 52.4 Å². The number of nitrogens with one attached hydrogen (secondary N) is 2. The standard InChI is InChI=1S/C16H35N5/c1-5-17-16(18-8-7-15(3)4)19-9-10-21-13-11-20(6-2)12-14-21/h15H,5-14H2,1-4H3,(H2,17,18,19). The second-order valence-electron chi connectivity index (χ2n) is 6.15. The first-order chi connectivity index (χ1) is 10.2. The highest BCUT2D eigenvalue weighted by Crippen LogP contribution is 2.00. The maximum Gasteiger partial charge on any atom is 0.191 e. The predicted molar refractivity (Wildman–Crippen MR) is 92.0 cm³/mol. The summed E-state index contributed by atoms with van der Waals surface area (Å²) in [6.07, 6.45) is 1.15. The Morgan fingerprint density at radius 1 is 1.05 bits per heavy atom. The molecule has 1 aliphatic heterocycles. The highest BCUT2D eigenvalue weighted by atomic mass is 15.3. The molecule has 0 spiro atoms. The maximum atomic E-state index is 4.63. The van der Waals surface area contributed by atoms with E-state index < -0.39 is 0 Å². The fourth-order valence-corrected chi connectivity index (χ4v) is 2.44. The number of piperazine rings is 1. The fraction of sp³-hybridized carbons (Fsp3) is 0.938. The van der Waals surface area contributed by atoms with Gasteiger partial charge in [0.05, 0.1) is 0 Å². The van der Waals surface area contributed by atoms with Gasteiger partial charge in [-0.05, 0) is 25.8 Å². The number of aliphatic imine (C=N–C) groups is 1. The van der Waals surface area contributed by atoms with Gasteiger partial charge in [-0.3, -0.25) is 9.89 Å². The lowest BCUT2D eigenvalue weighted by atomic mass is 10.1. The van der Waals surface area contributed by atoms with Crippen molar-refractivity contribution in [2.45, 2.75) is 34.1 Å². The highest BCUT2D eigenvalue weighted by Gasteiger charge is 2.14. The van der Waals surface area contributed by atoms with E-state index in [-0.39, 0.29) is 0 Å². The van der Waals surface area contributed by atoms with Crippen LogP contribution in [-0.4, -0.2) is 74.7 Å². The minimum atomic E-state index is 0.714. The Morgan fingerprint density at radius 3 is 2.29 bits per heavy atom. The van der Waals surface area contributed by atoms with E-state index in [9.17, 15) is 0 Å². The zero-order valence-electron chi connectivity index (χ0n) is 14.5. The van der Waals surface area contributed by atoms with E-state index in [1.807, 2.05) is 0 Å². The molecule has 1 heterocycles. The molecule has 2 N–H and O–H groups in total. The van der Waals surface area contributed by atoms with Crippen LogP contribution in [0.3, 0.4) is 0 Å². The van der Waals surface area contributed by atoms with Gasteiger partial charge >= 0.3 is 0 Å². The van der Waals surface area contributed by atoms with E-state index >= 15 is 0 Å². The third-order valence-corrected chi connectivity index (χ3v) is 3.95. The summed E-state index contributed by atoms with van der Waals surface area (Å²) in [6, 6.07) is 0. The van der Waals surface area contributed by atoms with Crippen molar-refractivity contribution in [2.24, 2.45) is 10.9 Å². The number of hydrogen-bond donors (Lipinski definition) is 2. The topological polar surface area (TPSA) is 42.9 Å². The van der Waals surface area contributed by atoms with Gasteiger partial charge in [0.2, 0.25) is 0 Å². The molecule has 0 bridgehead atoms. The van der Waals surface area contributed by atoms with Crippen molar-refractivity contribution in [3.63, 3.8) is 0 Å². The van der Waals surface area contributed by atoms with Crippen molar-refractivity contribution < 1.29 is 0 Å². The van der Waals surface area contributed by atoms with Crippen molar-refractivity contribution in [3.8, 4) is 0 Å². The molecule has 0 radical (unpaired) electrons. The van der Waals surface area contributed by atoms with Gasteiger partial charge < -0.3 is 15.5 Å². The molecule has 0 atom stereocenters. The van der Waals surface area contributed by atoms with Crippen LogP contribution in [-0.2, 0) is 0 Å². The Kier molecular flexibility index (Phi) is 9.42. The molecule has 0 aromatic heterocycles. The van der Waals surface area contributed by atoms with Crippen molar-refractivity contribution >= 4 is 5.96 Å². The van der Waals surface area contributed by atoms with Crippen molar-refractivity contribution in [3.05, 3.63) is 0 Å². The van der Waals surface area contributed by atoms with E-state index in [2.05, 4.69) is 53.1 Å². The van der Waals surface area contributed by atoms with E-state index in [0.717, 1.165) is 38.6 Å². The minimum absolute atomic E-state index is 0.714. The summed E-state index contributed by atoms with van der Waals surface area (Å²) >= 11 is 0. The fourth-order valence-electron chi connectivity index (χ4n) is 2.44. The second kappa shape index (κ2) is 10.9. The third-order valence-electron chi connectivity index (χ3n) is 3.95. The van der Waals surface area contributed by atoms with Gasteiger partial charge in [-0.25, -0.2) is 0 Å². The quantitative estimate of drug-likeness (QED) is 0.522. The summed E-state index contributed by atoms with van der Waals surface area (Å²) in [5, 5.41) is 6.77. The molecule has 0 saturated carbocycles. The van der Waals surface area contributed by atoms with Crippen LogP contribution in [0.4, 0.5) is 0 Å². The van der Waals surface area contributed by atoms with E-state index in [0.29, 0.717) is 5.92 Å². The Hall–Kier alpha value is -0.810. The number of nitrogens with zero attached hydrogens (tertiary/aromatic N) is 3. The van der Waals surface area contributed by atoms with Crippen LogP contribution in [0.2, 0.25) is 0 Å². The molecule has 5 heteroatoms. The van der Waals surface area contributed by atoms with Gasteiger partial charge in [0.15, 0.2) is 5.96 Å². The van der Waals surface area contributed by atoms with E-state index in [1.54, 1.807) is 0 Å². The normalized spacial score (nSPS) is 18.2. The van der Waals surface area contributed by atoms with Crippen molar-refractivity contribution in [1.82, 2.24) is 20.4 Å². The number of rotatable bonds is 8. The monoisotopic (exact) mass is 297 g/mol. The highest BCUT2D eigenvalue weighted by molar-refractivity contribution is 5.79. The first kappa shape index (κ1) is 18.2. The molecule has 21 heavy (non-hydrogen) atoms. The number of likely N-dealkylation sites (N-methyl/N-ethyl adjacent to an activating group) is 1. The first-order valence-corrected chi connectivity index (χ1v) is 8.62. The van der Waals surface area contributed by atoms with Crippen molar-refractivity contribution in [2.75, 3.05) is 58.9 Å². The molecule has 1 fully saturated rings. The third kappa shape index (κ3) is 8.27. The van der Waals surface area contributed by atoms with Crippen LogP contribution in [0.15, 0.2) is 4.99 Å². The van der Waals surface area contributed by atoms with Crippen molar-refractivity contribution in [1.29, 1.82) is 0 Å². The summed E-state index contributed by atoms with van der Waals surface area (Å²) < 4.78 is 0. The van der Waals surface area contributed by atoms with Crippen LogP contribution in [0, 0.1) is 5.92 Å². The molecule has 0 amide bonds. The summed E-state index contributed by atoms with van der Waals surface area (Å²) in [5.74, 6) is 1.68. The zero-order chi connectivity index (χ0) is 15.5. The molecule has 1 rings (SSSR count). The van der Waals surface area contributed by atoms with Gasteiger partial charge in [0.25, 0.3) is 0 Å². The summed E-state index contributed by atoms with van der Waals surface area (Å²) in [7, 11) is 0. The van der Waals surface area contributed by atoms with Crippen LogP contribution < -0.4 is 10.6 Å². The lowest BCUT2D eigenvalue weighted by Crippen LogP contribution is -2.49. The average Bonchev–Trinajstić information content (AvgIpc) is 2.47. The van der Waals surface area contributed by atoms with Crippen LogP contribution >= 0.6 is 0 Å². The second-order valence-corrected chi connectivity index (χ2v) is 6.15. The number of hydrogen-bond acceptors (Lipinski definition) is 3. The Balaban J connectivity index is 2.20. The first-order valence-electron chi connectivity index (χ1n) is 8.62. The van der Waals surface area contributed by atoms with Crippen LogP contribution in [0.25, 0.3) is 0 Å². The number of guanidine groups is 1. The molecule has 0 aromatic rings. The van der Waals surface area contributed by atoms with Gasteiger partial charge in [0.1, 0.15) is 0 Å². The lowest BCUT2D eigenvalue weighted by Gasteiger charge is -2.34. The minimum Gasteiger partial charge on any atom is -0.357 e. The molecule has 5 nitrogen and oxygen atoms in total. The van der Waals surface area contributed by atoms with Crippen LogP contribution in [0.1, 0.15) is 34.1 Å². The maximum absolute atomic E-state index is 4.63. The predicted octanol–water partition coefficient (Wildman–Crippen LogP) is 1.23. The van der Waals surface area contributed by atoms with E-state index in [4.69, 9.17) is 0 Å². The van der Waals surface area contributed by atoms with Gasteiger partial charge in [-0.2, -0.15) is 0 Å². The SMILES string of the molecule is CCNC(=NCCC(C)C)NCCN1CCN(CC)CC1. The van der Waals surface area contributed by atoms with Gasteiger partial charge in [-0.1, -0.05) is 20.8 Å². The largest absolute Gasteiger partial charge is 0.357 e. The van der Waals surface area contributed by atoms with Crippen LogP contribution in [0.5, 0.6) is 0 Å². The Labute approximate surface area is 131 Å². The Morgan fingerprint density at radius 2 is 1.71 bits per heavy atom. The van der Waals surface area contributed by atoms with Gasteiger partial charge in [-0.15, -0.1) is 0 Å². The molecular weight excluding hydrogens is 262 g/mol. The molecular formula is C16H35N5. The smallest absolute Gasteiger partial charge is 0.191 e. The molecule has 1 aliphatic rings. The molecule has 1 saturated heterocycles. The zero-order valence-corrected chi connectivity index (χ0v) is 14.5. The summed E-state index contributed by atoms with van der Waals surface area (Å²) in [4.78, 5) is 9.68.